The minimum absolute atomic E-state index is 0.155. The molecule has 0 aromatic carbocycles. The Bertz CT molecular complexity index is 356. The average Bonchev–Trinajstić information content (AvgIpc) is 2.95. The molecular formula is C12H17NO2S. The van der Waals surface area contributed by atoms with Crippen molar-refractivity contribution in [2.75, 3.05) is 7.11 Å². The van der Waals surface area contributed by atoms with E-state index in [0.717, 1.165) is 5.01 Å². The van der Waals surface area contributed by atoms with E-state index in [0.29, 0.717) is 18.8 Å². The van der Waals surface area contributed by atoms with Crippen LogP contribution in [0.1, 0.15) is 48.7 Å². The Hall–Kier alpha value is -0.900. The molecule has 2 rings (SSSR count). The van der Waals surface area contributed by atoms with Gasteiger partial charge in [0.1, 0.15) is 0 Å². The molecule has 0 atom stereocenters. The lowest BCUT2D eigenvalue weighted by Crippen LogP contribution is -2.02. The van der Waals surface area contributed by atoms with Gasteiger partial charge in [-0.2, -0.15) is 0 Å². The highest BCUT2D eigenvalue weighted by Crippen LogP contribution is 2.34. The summed E-state index contributed by atoms with van der Waals surface area (Å²) in [6.45, 7) is 0. The van der Waals surface area contributed by atoms with Crippen LogP contribution < -0.4 is 0 Å². The monoisotopic (exact) mass is 239 g/mol. The molecule has 0 saturated heterocycles. The van der Waals surface area contributed by atoms with Gasteiger partial charge in [-0.05, 0) is 12.8 Å². The second-order valence-corrected chi connectivity index (χ2v) is 5.17. The first-order chi connectivity index (χ1) is 7.79. The second kappa shape index (κ2) is 5.43. The maximum atomic E-state index is 11.0. The lowest BCUT2D eigenvalue weighted by atomic mass is 10.1. The number of carbonyl (C=O) groups is 1. The molecule has 3 nitrogen and oxygen atoms in total. The molecule has 88 valence electrons. The van der Waals surface area contributed by atoms with E-state index < -0.39 is 0 Å². The number of aromatic nitrogens is 1. The van der Waals surface area contributed by atoms with Crippen molar-refractivity contribution in [3.8, 4) is 0 Å². The van der Waals surface area contributed by atoms with Crippen molar-refractivity contribution in [3.63, 3.8) is 0 Å². The van der Waals surface area contributed by atoms with Gasteiger partial charge in [-0.1, -0.05) is 12.8 Å². The van der Waals surface area contributed by atoms with Crippen LogP contribution in [-0.2, 0) is 16.0 Å². The van der Waals surface area contributed by atoms with E-state index in [9.17, 15) is 4.79 Å². The fourth-order valence-electron chi connectivity index (χ4n) is 2.16. The molecule has 0 amide bonds. The third-order valence-electron chi connectivity index (χ3n) is 3.11. The standard InChI is InChI=1S/C12H17NO2S/c1-15-12(14)7-6-11-13-10(8-16-11)9-4-2-3-5-9/h8-9H,2-7H2,1H3. The van der Waals surface area contributed by atoms with Crippen LogP contribution >= 0.6 is 11.3 Å². The van der Waals surface area contributed by atoms with Crippen LogP contribution in [0.25, 0.3) is 0 Å². The molecule has 1 fully saturated rings. The van der Waals surface area contributed by atoms with Crippen LogP contribution in [0.2, 0.25) is 0 Å². The first-order valence-electron chi connectivity index (χ1n) is 5.80. The molecular weight excluding hydrogens is 222 g/mol. The van der Waals surface area contributed by atoms with Gasteiger partial charge in [-0.25, -0.2) is 4.98 Å². The van der Waals surface area contributed by atoms with Crippen molar-refractivity contribution in [2.24, 2.45) is 0 Å². The first-order valence-corrected chi connectivity index (χ1v) is 6.68. The molecule has 1 heterocycles. The van der Waals surface area contributed by atoms with Gasteiger partial charge < -0.3 is 4.74 Å². The Morgan fingerprint density at radius 2 is 2.31 bits per heavy atom. The van der Waals surface area contributed by atoms with Crippen molar-refractivity contribution in [1.29, 1.82) is 0 Å². The van der Waals surface area contributed by atoms with Crippen LogP contribution in [0, 0.1) is 0 Å². The fourth-order valence-corrected chi connectivity index (χ4v) is 3.04. The highest BCUT2D eigenvalue weighted by Gasteiger charge is 2.19. The van der Waals surface area contributed by atoms with Crippen molar-refractivity contribution in [1.82, 2.24) is 4.98 Å². The number of aryl methyl sites for hydroxylation is 1. The summed E-state index contributed by atoms with van der Waals surface area (Å²) >= 11 is 1.67. The fraction of sp³-hybridized carbons (Fsp3) is 0.667. The molecule has 16 heavy (non-hydrogen) atoms. The summed E-state index contributed by atoms with van der Waals surface area (Å²) < 4.78 is 4.62. The van der Waals surface area contributed by atoms with E-state index in [2.05, 4.69) is 15.1 Å². The number of thiazole rings is 1. The van der Waals surface area contributed by atoms with Crippen LogP contribution in [0.4, 0.5) is 0 Å². The zero-order valence-corrected chi connectivity index (χ0v) is 10.4. The Morgan fingerprint density at radius 1 is 1.56 bits per heavy atom. The van der Waals surface area contributed by atoms with Crippen LogP contribution in [-0.4, -0.2) is 18.1 Å². The van der Waals surface area contributed by atoms with E-state index in [-0.39, 0.29) is 5.97 Å². The van der Waals surface area contributed by atoms with Gasteiger partial charge in [0.15, 0.2) is 0 Å². The van der Waals surface area contributed by atoms with Crippen LogP contribution in [0.15, 0.2) is 5.38 Å². The number of hydrogen-bond acceptors (Lipinski definition) is 4. The van der Waals surface area contributed by atoms with Crippen molar-refractivity contribution in [2.45, 2.75) is 44.4 Å². The van der Waals surface area contributed by atoms with Crippen LogP contribution in [0.5, 0.6) is 0 Å². The number of rotatable bonds is 4. The summed E-state index contributed by atoms with van der Waals surface area (Å²) in [6.07, 6.45) is 6.37. The Balaban J connectivity index is 1.89. The SMILES string of the molecule is COC(=O)CCc1nc(C2CCCC2)cs1. The number of hydrogen-bond donors (Lipinski definition) is 0. The molecule has 0 radical (unpaired) electrons. The Kier molecular flexibility index (Phi) is 3.93. The molecule has 0 aliphatic heterocycles. The third kappa shape index (κ3) is 2.82. The maximum Gasteiger partial charge on any atom is 0.305 e. The summed E-state index contributed by atoms with van der Waals surface area (Å²) in [4.78, 5) is 15.6. The summed E-state index contributed by atoms with van der Waals surface area (Å²) in [5.74, 6) is 0.515. The molecule has 4 heteroatoms. The zero-order valence-electron chi connectivity index (χ0n) is 9.57. The van der Waals surface area contributed by atoms with Gasteiger partial charge in [0.25, 0.3) is 0 Å². The molecule has 1 saturated carbocycles. The smallest absolute Gasteiger partial charge is 0.305 e. The number of ether oxygens (including phenoxy) is 1. The quantitative estimate of drug-likeness (QED) is 0.758. The van der Waals surface area contributed by atoms with Gasteiger partial charge in [0.05, 0.1) is 24.2 Å². The molecule has 1 aliphatic carbocycles. The number of methoxy groups -OCH3 is 1. The van der Waals surface area contributed by atoms with Crippen molar-refractivity contribution in [3.05, 3.63) is 16.1 Å². The lowest BCUT2D eigenvalue weighted by molar-refractivity contribution is -0.140. The van der Waals surface area contributed by atoms with Gasteiger partial charge in [0.2, 0.25) is 0 Å². The van der Waals surface area contributed by atoms with E-state index in [4.69, 9.17) is 0 Å². The lowest BCUT2D eigenvalue weighted by Gasteiger charge is -2.03. The maximum absolute atomic E-state index is 11.0. The van der Waals surface area contributed by atoms with E-state index in [1.807, 2.05) is 0 Å². The molecule has 1 aliphatic rings. The highest BCUT2D eigenvalue weighted by atomic mass is 32.1. The van der Waals surface area contributed by atoms with Gasteiger partial charge in [-0.15, -0.1) is 11.3 Å². The average molecular weight is 239 g/mol. The summed E-state index contributed by atoms with van der Waals surface area (Å²) in [5, 5.41) is 3.22. The summed E-state index contributed by atoms with van der Waals surface area (Å²) in [7, 11) is 1.42. The largest absolute Gasteiger partial charge is 0.469 e. The van der Waals surface area contributed by atoms with E-state index in [1.54, 1.807) is 11.3 Å². The number of nitrogens with zero attached hydrogens (tertiary/aromatic N) is 1. The molecule has 0 spiro atoms. The summed E-state index contributed by atoms with van der Waals surface area (Å²) in [6, 6.07) is 0. The number of esters is 1. The molecule has 0 bridgehead atoms. The second-order valence-electron chi connectivity index (χ2n) is 4.22. The molecule has 1 aromatic heterocycles. The van der Waals surface area contributed by atoms with Gasteiger partial charge in [-0.3, -0.25) is 4.79 Å². The normalized spacial score (nSPS) is 16.6. The van der Waals surface area contributed by atoms with Crippen molar-refractivity contribution >= 4 is 17.3 Å². The Labute approximate surface area is 99.8 Å². The predicted octanol–water partition coefficient (Wildman–Crippen LogP) is 2.91. The molecule has 0 N–H and O–H groups in total. The van der Waals surface area contributed by atoms with E-state index in [1.165, 1.54) is 38.5 Å². The number of carbonyl (C=O) groups excluding carboxylic acids is 1. The first kappa shape index (κ1) is 11.6. The minimum atomic E-state index is -0.155. The van der Waals surface area contributed by atoms with Crippen LogP contribution in [0.3, 0.4) is 0 Å². The van der Waals surface area contributed by atoms with Crippen molar-refractivity contribution < 1.29 is 9.53 Å². The summed E-state index contributed by atoms with van der Waals surface area (Å²) in [5.41, 5.74) is 1.24. The Morgan fingerprint density at radius 3 is 3.00 bits per heavy atom. The van der Waals surface area contributed by atoms with Gasteiger partial charge >= 0.3 is 5.97 Å². The molecule has 1 aromatic rings. The molecule has 0 unspecified atom stereocenters. The minimum Gasteiger partial charge on any atom is -0.469 e. The van der Waals surface area contributed by atoms with E-state index >= 15 is 0 Å². The highest BCUT2D eigenvalue weighted by molar-refractivity contribution is 7.09. The third-order valence-corrected chi connectivity index (χ3v) is 4.04. The predicted molar refractivity (Wildman–Crippen MR) is 63.7 cm³/mol. The zero-order chi connectivity index (χ0) is 11.4. The topological polar surface area (TPSA) is 39.2 Å². The van der Waals surface area contributed by atoms with Gasteiger partial charge in [0, 0.05) is 17.7 Å².